The highest BCUT2D eigenvalue weighted by Gasteiger charge is 2.16. The van der Waals surface area contributed by atoms with Gasteiger partial charge in [-0.2, -0.15) is 0 Å². The fourth-order valence-electron chi connectivity index (χ4n) is 1.32. The zero-order valence-electron chi connectivity index (χ0n) is 9.05. The van der Waals surface area contributed by atoms with Crippen molar-refractivity contribution in [1.29, 1.82) is 0 Å². The Balaban J connectivity index is 3.18. The molecule has 0 aromatic heterocycles. The highest BCUT2D eigenvalue weighted by Crippen LogP contribution is 2.20. The summed E-state index contributed by atoms with van der Waals surface area (Å²) in [6.45, 7) is 0. The van der Waals surface area contributed by atoms with Gasteiger partial charge in [0.1, 0.15) is 5.82 Å². The van der Waals surface area contributed by atoms with Crippen molar-refractivity contribution in [1.82, 2.24) is 0 Å². The van der Waals surface area contributed by atoms with E-state index in [1.807, 2.05) is 0 Å². The molecule has 0 fully saturated rings. The van der Waals surface area contributed by atoms with Crippen molar-refractivity contribution in [2.24, 2.45) is 5.73 Å². The highest BCUT2D eigenvalue weighted by atomic mass is 32.2. The summed E-state index contributed by atoms with van der Waals surface area (Å²) in [4.78, 5) is 10.2. The Bertz CT molecular complexity index is 541. The van der Waals surface area contributed by atoms with Gasteiger partial charge < -0.3 is 10.8 Å². The summed E-state index contributed by atoms with van der Waals surface area (Å²) in [6.07, 6.45) is 0.543. The van der Waals surface area contributed by atoms with Crippen LogP contribution in [0.5, 0.6) is 0 Å². The van der Waals surface area contributed by atoms with Crippen molar-refractivity contribution < 1.29 is 22.7 Å². The first-order valence-electron chi connectivity index (χ1n) is 4.68. The van der Waals surface area contributed by atoms with Gasteiger partial charge in [-0.25, -0.2) is 12.8 Å². The molecular weight excluding hydrogens is 249 g/mol. The zero-order chi connectivity index (χ0) is 13.2. The Hall–Kier alpha value is -1.47. The molecule has 0 spiro atoms. The number of nitrogens with two attached hydrogens (primary N) is 1. The van der Waals surface area contributed by atoms with E-state index in [1.165, 1.54) is 6.07 Å². The SMILES string of the molecule is CS(=O)(=O)c1cc(F)cc(C(N)CC(=O)O)c1. The van der Waals surface area contributed by atoms with E-state index in [4.69, 9.17) is 10.8 Å². The number of benzene rings is 1. The summed E-state index contributed by atoms with van der Waals surface area (Å²) in [5, 5.41) is 8.55. The number of carbonyl (C=O) groups is 1. The van der Waals surface area contributed by atoms with Gasteiger partial charge in [0.05, 0.1) is 11.3 Å². The Morgan fingerprint density at radius 2 is 2.06 bits per heavy atom. The minimum Gasteiger partial charge on any atom is -0.481 e. The number of halogens is 1. The van der Waals surface area contributed by atoms with Crippen LogP contribution in [0.2, 0.25) is 0 Å². The number of aliphatic carboxylic acids is 1. The molecule has 0 bridgehead atoms. The predicted molar refractivity (Wildman–Crippen MR) is 58.7 cm³/mol. The second-order valence-corrected chi connectivity index (χ2v) is 5.71. The third-order valence-corrected chi connectivity index (χ3v) is 3.24. The van der Waals surface area contributed by atoms with Gasteiger partial charge in [0, 0.05) is 12.3 Å². The number of carboxylic acids is 1. The average Bonchev–Trinajstić information content (AvgIpc) is 2.14. The maximum absolute atomic E-state index is 13.2. The van der Waals surface area contributed by atoms with Crippen molar-refractivity contribution in [3.05, 3.63) is 29.6 Å². The fourth-order valence-corrected chi connectivity index (χ4v) is 2.00. The average molecular weight is 261 g/mol. The van der Waals surface area contributed by atoms with Gasteiger partial charge in [-0.15, -0.1) is 0 Å². The van der Waals surface area contributed by atoms with Crippen LogP contribution in [0.15, 0.2) is 23.1 Å². The molecule has 5 nitrogen and oxygen atoms in total. The molecule has 0 aliphatic carbocycles. The van der Waals surface area contributed by atoms with Crippen LogP contribution in [-0.4, -0.2) is 25.7 Å². The van der Waals surface area contributed by atoms with Crippen LogP contribution >= 0.6 is 0 Å². The lowest BCUT2D eigenvalue weighted by molar-refractivity contribution is -0.137. The van der Waals surface area contributed by atoms with E-state index in [1.54, 1.807) is 0 Å². The third-order valence-electron chi connectivity index (χ3n) is 2.14. The normalized spacial score (nSPS) is 13.4. The van der Waals surface area contributed by atoms with Crippen molar-refractivity contribution in [2.45, 2.75) is 17.4 Å². The maximum atomic E-state index is 13.2. The van der Waals surface area contributed by atoms with Crippen LogP contribution in [0.1, 0.15) is 18.0 Å². The van der Waals surface area contributed by atoms with Crippen molar-refractivity contribution in [3.63, 3.8) is 0 Å². The van der Waals surface area contributed by atoms with Gasteiger partial charge >= 0.3 is 5.97 Å². The molecule has 0 saturated carbocycles. The van der Waals surface area contributed by atoms with E-state index in [9.17, 15) is 17.6 Å². The van der Waals surface area contributed by atoms with E-state index in [-0.39, 0.29) is 10.5 Å². The molecule has 94 valence electrons. The molecule has 0 aliphatic heterocycles. The summed E-state index contributed by atoms with van der Waals surface area (Å²) in [7, 11) is -3.55. The van der Waals surface area contributed by atoms with E-state index in [2.05, 4.69) is 0 Å². The summed E-state index contributed by atoms with van der Waals surface area (Å²) in [5.74, 6) is -1.90. The first-order chi connectivity index (χ1) is 7.70. The number of carboxylic acid groups (broad SMARTS) is 1. The molecule has 1 atom stereocenters. The van der Waals surface area contributed by atoms with Gasteiger partial charge in [-0.05, 0) is 23.8 Å². The zero-order valence-corrected chi connectivity index (χ0v) is 9.87. The largest absolute Gasteiger partial charge is 0.481 e. The fraction of sp³-hybridized carbons (Fsp3) is 0.300. The first-order valence-corrected chi connectivity index (χ1v) is 6.57. The van der Waals surface area contributed by atoms with Crippen molar-refractivity contribution >= 4 is 15.8 Å². The molecule has 1 aromatic carbocycles. The third kappa shape index (κ3) is 3.79. The summed E-state index contributed by atoms with van der Waals surface area (Å²) in [6, 6.07) is 2.14. The Morgan fingerprint density at radius 3 is 2.53 bits per heavy atom. The topological polar surface area (TPSA) is 97.5 Å². The minimum atomic E-state index is -3.55. The first kappa shape index (κ1) is 13.6. The summed E-state index contributed by atoms with van der Waals surface area (Å²) >= 11 is 0. The molecular formula is C10H12FNO4S. The second kappa shape index (κ2) is 4.80. The molecule has 3 N–H and O–H groups in total. The summed E-state index contributed by atoms with van der Waals surface area (Å²) in [5.41, 5.74) is 5.68. The van der Waals surface area contributed by atoms with Gasteiger partial charge in [-0.3, -0.25) is 4.79 Å². The van der Waals surface area contributed by atoms with Crippen LogP contribution in [0.25, 0.3) is 0 Å². The number of rotatable bonds is 4. The van der Waals surface area contributed by atoms with Crippen LogP contribution in [0.4, 0.5) is 4.39 Å². The number of hydrogen-bond donors (Lipinski definition) is 2. The standard InChI is InChI=1S/C10H12FNO4S/c1-17(15,16)8-3-6(2-7(11)4-8)9(12)5-10(13)14/h2-4,9H,5,12H2,1H3,(H,13,14). The molecule has 0 saturated heterocycles. The van der Waals surface area contributed by atoms with Gasteiger partial charge in [0.2, 0.25) is 0 Å². The quantitative estimate of drug-likeness (QED) is 0.831. The van der Waals surface area contributed by atoms with Gasteiger partial charge in [0.25, 0.3) is 0 Å². The Morgan fingerprint density at radius 1 is 1.47 bits per heavy atom. The Labute approximate surface area is 98.0 Å². The van der Waals surface area contributed by atoms with Crippen LogP contribution in [-0.2, 0) is 14.6 Å². The van der Waals surface area contributed by atoms with Crippen LogP contribution < -0.4 is 5.73 Å². The second-order valence-electron chi connectivity index (χ2n) is 3.70. The van der Waals surface area contributed by atoms with Crippen LogP contribution in [0.3, 0.4) is 0 Å². The minimum absolute atomic E-state index is 0.146. The number of hydrogen-bond acceptors (Lipinski definition) is 4. The highest BCUT2D eigenvalue weighted by molar-refractivity contribution is 7.90. The maximum Gasteiger partial charge on any atom is 0.305 e. The van der Waals surface area contributed by atoms with Crippen molar-refractivity contribution in [3.8, 4) is 0 Å². The molecule has 7 heteroatoms. The summed E-state index contributed by atoms with van der Waals surface area (Å²) < 4.78 is 35.7. The lowest BCUT2D eigenvalue weighted by atomic mass is 10.0. The number of sulfone groups is 1. The molecule has 0 heterocycles. The molecule has 1 rings (SSSR count). The molecule has 1 unspecified atom stereocenters. The van der Waals surface area contributed by atoms with E-state index >= 15 is 0 Å². The lowest BCUT2D eigenvalue weighted by Crippen LogP contribution is -2.15. The van der Waals surface area contributed by atoms with Crippen LogP contribution in [0, 0.1) is 5.82 Å². The van der Waals surface area contributed by atoms with E-state index in [0.29, 0.717) is 0 Å². The molecule has 0 amide bonds. The predicted octanol–water partition coefficient (Wildman–Crippen LogP) is 0.704. The smallest absolute Gasteiger partial charge is 0.305 e. The van der Waals surface area contributed by atoms with E-state index < -0.39 is 34.1 Å². The van der Waals surface area contributed by atoms with Crippen molar-refractivity contribution in [2.75, 3.05) is 6.26 Å². The monoisotopic (exact) mass is 261 g/mol. The Kier molecular flexibility index (Phi) is 3.84. The van der Waals surface area contributed by atoms with Gasteiger partial charge in [0.15, 0.2) is 9.84 Å². The molecule has 1 aromatic rings. The molecule has 17 heavy (non-hydrogen) atoms. The van der Waals surface area contributed by atoms with Gasteiger partial charge in [-0.1, -0.05) is 0 Å². The van der Waals surface area contributed by atoms with E-state index in [0.717, 1.165) is 18.4 Å². The molecule has 0 radical (unpaired) electrons. The molecule has 0 aliphatic rings. The lowest BCUT2D eigenvalue weighted by Gasteiger charge is -2.11.